The molecule has 3 N–H and O–H groups in total. The van der Waals surface area contributed by atoms with E-state index < -0.39 is 0 Å². The van der Waals surface area contributed by atoms with Crippen LogP contribution in [-0.4, -0.2) is 50.8 Å². The predicted octanol–water partition coefficient (Wildman–Crippen LogP) is 3.40. The van der Waals surface area contributed by atoms with Crippen molar-refractivity contribution in [3.8, 4) is 0 Å². The van der Waals surface area contributed by atoms with Gasteiger partial charge in [-0.05, 0) is 25.8 Å². The Morgan fingerprint density at radius 1 is 1.21 bits per heavy atom. The first-order valence-electron chi connectivity index (χ1n) is 7.74. The Kier molecular flexibility index (Phi) is 14.5. The van der Waals surface area contributed by atoms with Crippen molar-refractivity contribution in [1.82, 2.24) is 15.6 Å². The zero-order valence-electron chi connectivity index (χ0n) is 14.1. The molecule has 0 spiro atoms. The van der Waals surface area contributed by atoms with Crippen LogP contribution in [0.15, 0.2) is 17.3 Å². The van der Waals surface area contributed by atoms with Gasteiger partial charge in [-0.2, -0.15) is 0 Å². The zero-order valence-corrected chi connectivity index (χ0v) is 17.9. The Morgan fingerprint density at radius 3 is 2.62 bits per heavy atom. The Labute approximate surface area is 171 Å². The van der Waals surface area contributed by atoms with Crippen LogP contribution in [0, 0.1) is 0 Å². The van der Waals surface area contributed by atoms with E-state index in [9.17, 15) is 0 Å². The number of pyridine rings is 1. The van der Waals surface area contributed by atoms with Gasteiger partial charge in [0.2, 0.25) is 0 Å². The highest BCUT2D eigenvalue weighted by molar-refractivity contribution is 14.0. The van der Waals surface area contributed by atoms with Crippen LogP contribution >= 0.6 is 47.2 Å². The average Bonchev–Trinajstić information content (AvgIpc) is 2.54. The minimum absolute atomic E-state index is 0. The number of unbranched alkanes of at least 4 members (excludes halogenated alkanes) is 1. The first kappa shape index (κ1) is 23.5. The third-order valence-corrected chi connectivity index (χ3v) is 3.45. The molecular formula is C15H26Cl2IN5O. The summed E-state index contributed by atoms with van der Waals surface area (Å²) in [6.45, 7) is 5.81. The maximum Gasteiger partial charge on any atom is 0.191 e. The Hall–Kier alpha value is -0.510. The maximum absolute atomic E-state index is 6.04. The van der Waals surface area contributed by atoms with Gasteiger partial charge in [-0.3, -0.25) is 4.99 Å². The number of hydrogen-bond donors (Lipinski definition) is 3. The van der Waals surface area contributed by atoms with Gasteiger partial charge in [0.15, 0.2) is 5.96 Å². The normalized spacial score (nSPS) is 10.9. The molecule has 0 aliphatic rings. The number of hydrogen-bond acceptors (Lipinski definition) is 4. The molecule has 1 rings (SSSR count). The van der Waals surface area contributed by atoms with Gasteiger partial charge in [0.05, 0.1) is 10.0 Å². The average molecular weight is 490 g/mol. The van der Waals surface area contributed by atoms with Crippen molar-refractivity contribution in [2.75, 3.05) is 45.2 Å². The molecule has 1 heterocycles. The van der Waals surface area contributed by atoms with Crippen molar-refractivity contribution < 1.29 is 4.74 Å². The first-order valence-corrected chi connectivity index (χ1v) is 8.50. The molecule has 0 radical (unpaired) electrons. The number of nitrogens with zero attached hydrogens (tertiary/aromatic N) is 2. The lowest BCUT2D eigenvalue weighted by Crippen LogP contribution is -2.40. The van der Waals surface area contributed by atoms with Crippen molar-refractivity contribution in [3.05, 3.63) is 22.3 Å². The molecule has 6 nitrogen and oxygen atoms in total. The smallest absolute Gasteiger partial charge is 0.191 e. The summed E-state index contributed by atoms with van der Waals surface area (Å²) in [7, 11) is 1.75. The van der Waals surface area contributed by atoms with Crippen LogP contribution in [0.5, 0.6) is 0 Å². The third-order valence-electron chi connectivity index (χ3n) is 2.95. The SMILES string of the molecule is CCOCCCCNC(=NC)NCCNc1ncc(Cl)cc1Cl.I. The fourth-order valence-corrected chi connectivity index (χ4v) is 2.25. The summed E-state index contributed by atoms with van der Waals surface area (Å²) in [5, 5.41) is 10.7. The monoisotopic (exact) mass is 489 g/mol. The van der Waals surface area contributed by atoms with E-state index in [1.807, 2.05) is 6.92 Å². The molecule has 0 saturated carbocycles. The van der Waals surface area contributed by atoms with Crippen LogP contribution in [0.25, 0.3) is 0 Å². The molecule has 0 aliphatic heterocycles. The topological polar surface area (TPSA) is 70.6 Å². The molecule has 0 unspecified atom stereocenters. The molecule has 1 aromatic heterocycles. The van der Waals surface area contributed by atoms with Gasteiger partial charge < -0.3 is 20.7 Å². The highest BCUT2D eigenvalue weighted by Crippen LogP contribution is 2.21. The van der Waals surface area contributed by atoms with E-state index in [1.54, 1.807) is 19.3 Å². The first-order chi connectivity index (χ1) is 11.2. The van der Waals surface area contributed by atoms with Crippen molar-refractivity contribution in [2.45, 2.75) is 19.8 Å². The molecule has 0 bridgehead atoms. The highest BCUT2D eigenvalue weighted by Gasteiger charge is 2.02. The lowest BCUT2D eigenvalue weighted by atomic mass is 10.3. The minimum atomic E-state index is 0. The molecule has 0 amide bonds. The molecule has 9 heteroatoms. The van der Waals surface area contributed by atoms with Gasteiger partial charge in [0.25, 0.3) is 0 Å². The van der Waals surface area contributed by atoms with Crippen LogP contribution in [-0.2, 0) is 4.74 Å². The molecule has 1 aromatic rings. The lowest BCUT2D eigenvalue weighted by Gasteiger charge is -2.13. The van der Waals surface area contributed by atoms with Gasteiger partial charge in [-0.1, -0.05) is 23.2 Å². The van der Waals surface area contributed by atoms with E-state index in [0.29, 0.717) is 29.0 Å². The van der Waals surface area contributed by atoms with E-state index in [-0.39, 0.29) is 24.0 Å². The minimum Gasteiger partial charge on any atom is -0.382 e. The van der Waals surface area contributed by atoms with Gasteiger partial charge in [0, 0.05) is 46.1 Å². The summed E-state index contributed by atoms with van der Waals surface area (Å²) in [5.41, 5.74) is 0. The molecular weight excluding hydrogens is 464 g/mol. The van der Waals surface area contributed by atoms with Crippen LogP contribution in [0.2, 0.25) is 10.0 Å². The molecule has 0 atom stereocenters. The Morgan fingerprint density at radius 2 is 1.96 bits per heavy atom. The number of guanidine groups is 1. The summed E-state index contributed by atoms with van der Waals surface area (Å²) in [5.74, 6) is 1.40. The van der Waals surface area contributed by atoms with Crippen molar-refractivity contribution in [3.63, 3.8) is 0 Å². The summed E-state index contributed by atoms with van der Waals surface area (Å²) < 4.78 is 5.30. The van der Waals surface area contributed by atoms with Gasteiger partial charge in [-0.15, -0.1) is 24.0 Å². The number of ether oxygens (including phenoxy) is 1. The highest BCUT2D eigenvalue weighted by atomic mass is 127. The van der Waals surface area contributed by atoms with E-state index >= 15 is 0 Å². The Balaban J connectivity index is 0.00000529. The van der Waals surface area contributed by atoms with Crippen molar-refractivity contribution in [1.29, 1.82) is 0 Å². The standard InChI is InChI=1S/C15H25Cl2N5O.HI/c1-3-23-9-5-4-6-20-15(18-2)21-8-7-19-14-13(17)10-12(16)11-22-14;/h10-11H,3-9H2,1-2H3,(H,19,22)(H2,18,20,21);1H. The number of halogens is 3. The van der Waals surface area contributed by atoms with E-state index in [1.165, 1.54) is 0 Å². The maximum atomic E-state index is 6.04. The number of nitrogens with one attached hydrogen (secondary N) is 3. The third kappa shape index (κ3) is 10.4. The van der Waals surface area contributed by atoms with Gasteiger partial charge >= 0.3 is 0 Å². The summed E-state index contributed by atoms with van der Waals surface area (Å²) in [6, 6.07) is 1.66. The molecule has 138 valence electrons. The van der Waals surface area contributed by atoms with E-state index in [2.05, 4.69) is 25.9 Å². The van der Waals surface area contributed by atoms with E-state index in [0.717, 1.165) is 38.6 Å². The van der Waals surface area contributed by atoms with Crippen LogP contribution in [0.1, 0.15) is 19.8 Å². The number of aromatic nitrogens is 1. The van der Waals surface area contributed by atoms with Gasteiger partial charge in [-0.25, -0.2) is 4.98 Å². The number of rotatable bonds is 10. The second-order valence-electron chi connectivity index (χ2n) is 4.74. The van der Waals surface area contributed by atoms with Crippen LogP contribution in [0.4, 0.5) is 5.82 Å². The summed E-state index contributed by atoms with van der Waals surface area (Å²) in [4.78, 5) is 8.31. The fraction of sp³-hybridized carbons (Fsp3) is 0.600. The molecule has 0 aliphatic carbocycles. The zero-order chi connectivity index (χ0) is 16.9. The second kappa shape index (κ2) is 14.8. The van der Waals surface area contributed by atoms with Gasteiger partial charge in [0.1, 0.15) is 5.82 Å². The fourth-order valence-electron chi connectivity index (χ4n) is 1.81. The Bertz CT molecular complexity index is 491. The van der Waals surface area contributed by atoms with Crippen LogP contribution in [0.3, 0.4) is 0 Å². The quantitative estimate of drug-likeness (QED) is 0.203. The molecule has 0 aromatic carbocycles. The van der Waals surface area contributed by atoms with Crippen molar-refractivity contribution in [2.24, 2.45) is 4.99 Å². The summed E-state index contributed by atoms with van der Waals surface area (Å²) in [6.07, 6.45) is 3.65. The second-order valence-corrected chi connectivity index (χ2v) is 5.58. The number of anilines is 1. The molecule has 24 heavy (non-hydrogen) atoms. The lowest BCUT2D eigenvalue weighted by molar-refractivity contribution is 0.143. The largest absolute Gasteiger partial charge is 0.382 e. The predicted molar refractivity (Wildman–Crippen MR) is 113 cm³/mol. The van der Waals surface area contributed by atoms with E-state index in [4.69, 9.17) is 27.9 Å². The molecule has 0 saturated heterocycles. The van der Waals surface area contributed by atoms with Crippen LogP contribution < -0.4 is 16.0 Å². The summed E-state index contributed by atoms with van der Waals surface area (Å²) >= 11 is 11.9. The number of aliphatic imine (C=N–C) groups is 1. The van der Waals surface area contributed by atoms with Crippen molar-refractivity contribution >= 4 is 59.0 Å². The molecule has 0 fully saturated rings.